The van der Waals surface area contributed by atoms with E-state index in [-0.39, 0.29) is 45.1 Å². The number of rotatable bonds is 18. The topological polar surface area (TPSA) is 199 Å². The van der Waals surface area contributed by atoms with E-state index in [0.29, 0.717) is 49.9 Å². The van der Waals surface area contributed by atoms with E-state index in [9.17, 15) is 33.0 Å². The van der Waals surface area contributed by atoms with Gasteiger partial charge in [-0.05, 0) is 64.2 Å². The number of carbonyl (C=O) groups excluding carboxylic acids is 3. The molecular formula is C29H50N4O8S2. The van der Waals surface area contributed by atoms with Crippen molar-refractivity contribution in [3.8, 4) is 0 Å². The maximum Gasteiger partial charge on any atom is 0.306 e. The van der Waals surface area contributed by atoms with Crippen LogP contribution in [0, 0.1) is 11.8 Å². The number of hydrogen-bond donors (Lipinski definition) is 4. The van der Waals surface area contributed by atoms with Crippen LogP contribution in [0.25, 0.3) is 0 Å². The van der Waals surface area contributed by atoms with Gasteiger partial charge in [-0.25, -0.2) is 13.6 Å². The van der Waals surface area contributed by atoms with Crippen LogP contribution in [0.5, 0.6) is 0 Å². The van der Waals surface area contributed by atoms with Crippen LogP contribution in [0.3, 0.4) is 0 Å². The Hall–Kier alpha value is -2.26. The zero-order chi connectivity index (χ0) is 32.4. The van der Waals surface area contributed by atoms with E-state index in [1.54, 1.807) is 0 Å². The summed E-state index contributed by atoms with van der Waals surface area (Å²) in [5.74, 6) is -0.253. The van der Waals surface area contributed by atoms with Crippen molar-refractivity contribution in [2.75, 3.05) is 5.32 Å². The fourth-order valence-corrected chi connectivity index (χ4v) is 6.25. The first-order chi connectivity index (χ1) is 20.2. The van der Waals surface area contributed by atoms with Gasteiger partial charge in [0.2, 0.25) is 15.4 Å². The summed E-state index contributed by atoms with van der Waals surface area (Å²) >= 11 is 0.701. The van der Waals surface area contributed by atoms with Gasteiger partial charge < -0.3 is 20.3 Å². The molecular weight excluding hydrogens is 596 g/mol. The van der Waals surface area contributed by atoms with Crippen LogP contribution in [0.15, 0.2) is 16.5 Å². The highest BCUT2D eigenvalue weighted by Gasteiger charge is 2.40. The normalized spacial score (nSPS) is 20.2. The summed E-state index contributed by atoms with van der Waals surface area (Å²) in [4.78, 5) is 34.2. The van der Waals surface area contributed by atoms with Gasteiger partial charge in [-0.1, -0.05) is 56.1 Å². The van der Waals surface area contributed by atoms with Gasteiger partial charge in [-0.2, -0.15) is 0 Å². The van der Waals surface area contributed by atoms with E-state index in [4.69, 9.17) is 9.88 Å². The zero-order valence-corrected chi connectivity index (χ0v) is 27.5. The Labute approximate surface area is 259 Å². The number of ketones is 1. The van der Waals surface area contributed by atoms with Crippen molar-refractivity contribution < 1.29 is 37.8 Å². The summed E-state index contributed by atoms with van der Waals surface area (Å²) < 4.78 is 26.2. The third kappa shape index (κ3) is 17.0. The summed E-state index contributed by atoms with van der Waals surface area (Å²) in [7, 11) is -3.82. The fraction of sp³-hybridized carbons (Fsp3) is 0.759. The first kappa shape index (κ1) is 38.8. The number of aliphatic hydroxyl groups is 2. The van der Waals surface area contributed by atoms with Crippen molar-refractivity contribution in [3.63, 3.8) is 0 Å². The minimum atomic E-state index is -3.82. The second kappa shape index (κ2) is 20.7. The lowest BCUT2D eigenvalue weighted by atomic mass is 9.86. The summed E-state index contributed by atoms with van der Waals surface area (Å²) in [6.45, 7) is 7.15. The average Bonchev–Trinajstić information content (AvgIpc) is 3.47. The Morgan fingerprint density at radius 3 is 2.30 bits per heavy atom. The van der Waals surface area contributed by atoms with Crippen molar-refractivity contribution in [1.82, 2.24) is 10.2 Å². The van der Waals surface area contributed by atoms with Gasteiger partial charge in [0.25, 0.3) is 10.0 Å². The van der Waals surface area contributed by atoms with Crippen LogP contribution in [0.1, 0.15) is 111 Å². The highest BCUT2D eigenvalue weighted by molar-refractivity contribution is 7.91. The Balaban J connectivity index is 0.000000589. The fourth-order valence-electron chi connectivity index (χ4n) is 4.87. The molecule has 1 aliphatic carbocycles. The van der Waals surface area contributed by atoms with Crippen molar-refractivity contribution in [3.05, 3.63) is 12.2 Å². The lowest BCUT2D eigenvalue weighted by Crippen LogP contribution is -2.22. The number of unbranched alkanes of at least 4 members (excludes halogenated alkanes) is 5. The highest BCUT2D eigenvalue weighted by atomic mass is 32.2. The summed E-state index contributed by atoms with van der Waals surface area (Å²) in [6.07, 6.45) is 13.5. The molecule has 12 nitrogen and oxygen atoms in total. The largest absolute Gasteiger partial charge is 0.463 e. The average molecular weight is 647 g/mol. The van der Waals surface area contributed by atoms with E-state index < -0.39 is 22.2 Å². The quantitative estimate of drug-likeness (QED) is 0.0773. The van der Waals surface area contributed by atoms with Gasteiger partial charge >= 0.3 is 5.97 Å². The van der Waals surface area contributed by atoms with Crippen molar-refractivity contribution in [1.29, 1.82) is 0 Å². The van der Waals surface area contributed by atoms with Crippen molar-refractivity contribution >= 4 is 44.2 Å². The number of ether oxygens (including phenoxy) is 1. The molecule has 0 aromatic carbocycles. The van der Waals surface area contributed by atoms with Crippen molar-refractivity contribution in [2.45, 2.75) is 134 Å². The predicted molar refractivity (Wildman–Crippen MR) is 166 cm³/mol. The van der Waals surface area contributed by atoms with Gasteiger partial charge in [-0.3, -0.25) is 14.4 Å². The van der Waals surface area contributed by atoms with Gasteiger partial charge in [-0.15, -0.1) is 10.2 Å². The third-order valence-corrected chi connectivity index (χ3v) is 9.11. The molecule has 0 aliphatic heterocycles. The number of primary sulfonamides is 1. The molecule has 0 bridgehead atoms. The van der Waals surface area contributed by atoms with Crippen LogP contribution in [-0.4, -0.2) is 64.8 Å². The molecule has 246 valence electrons. The van der Waals surface area contributed by atoms with Gasteiger partial charge in [0.15, 0.2) is 0 Å². The molecule has 0 saturated heterocycles. The maximum atomic E-state index is 12.2. The molecule has 1 aromatic rings. The molecule has 1 amide bonds. The highest BCUT2D eigenvalue weighted by Crippen LogP contribution is 2.38. The third-order valence-electron chi connectivity index (χ3n) is 6.96. The minimum Gasteiger partial charge on any atom is -0.463 e. The molecule has 1 heterocycles. The molecule has 0 unspecified atom stereocenters. The molecule has 0 spiro atoms. The van der Waals surface area contributed by atoms with E-state index in [0.717, 1.165) is 25.7 Å². The Kier molecular flexibility index (Phi) is 18.6. The lowest BCUT2D eigenvalue weighted by Gasteiger charge is -2.22. The molecule has 0 radical (unpaired) electrons. The monoisotopic (exact) mass is 646 g/mol. The number of sulfonamides is 1. The van der Waals surface area contributed by atoms with Gasteiger partial charge in [0.05, 0.1) is 18.3 Å². The van der Waals surface area contributed by atoms with Crippen LogP contribution in [0.4, 0.5) is 5.13 Å². The zero-order valence-electron chi connectivity index (χ0n) is 25.9. The van der Waals surface area contributed by atoms with Crippen LogP contribution >= 0.6 is 11.3 Å². The number of aromatic nitrogens is 2. The number of carbonyl (C=O) groups is 3. The van der Waals surface area contributed by atoms with Crippen LogP contribution < -0.4 is 10.5 Å². The Morgan fingerprint density at radius 2 is 1.70 bits per heavy atom. The van der Waals surface area contributed by atoms with Gasteiger partial charge in [0.1, 0.15) is 5.78 Å². The molecule has 1 aliphatic rings. The number of nitrogens with zero attached hydrogens (tertiary/aromatic N) is 2. The standard InChI is InChI=1S/C25H44O5.C4H6N4O3S2/c1-4-5-6-7-10-13-20(26)16-17-22-21(23(27)18-24(22)28)14-11-8-9-12-15-25(29)30-19(2)3;1-2(9)6-3-7-8-4(12-3)13(5,10)11/h8,11,19,21-24,27-28H,4-7,9-10,12-18H2,1-3H3;1H3,(H2,5,10,11)(H,6,7,9)/b11-8-;/t21-,22-,23+,24-;/m1./s1. The second-order valence-corrected chi connectivity index (χ2v) is 13.9. The number of hydrogen-bond acceptors (Lipinski definition) is 11. The van der Waals surface area contributed by atoms with Crippen molar-refractivity contribution in [2.24, 2.45) is 17.0 Å². The summed E-state index contributed by atoms with van der Waals surface area (Å²) in [5.41, 5.74) is 0. The minimum absolute atomic E-state index is 0.000453. The number of Topliss-reactive ketones (excluding diaryl/α,β-unsaturated/α-hetero) is 1. The molecule has 2 rings (SSSR count). The van der Waals surface area contributed by atoms with Gasteiger partial charge in [0, 0.05) is 26.2 Å². The number of aliphatic hydroxyl groups excluding tert-OH is 2. The van der Waals surface area contributed by atoms with Crippen LogP contribution in [-0.2, 0) is 29.1 Å². The van der Waals surface area contributed by atoms with E-state index in [2.05, 4.69) is 22.4 Å². The van der Waals surface area contributed by atoms with E-state index in [1.807, 2.05) is 26.0 Å². The van der Waals surface area contributed by atoms with Crippen LogP contribution in [0.2, 0.25) is 0 Å². The number of esters is 1. The molecule has 1 saturated carbocycles. The molecule has 4 atom stereocenters. The number of anilines is 1. The first-order valence-electron chi connectivity index (χ1n) is 15.1. The number of nitrogens with two attached hydrogens (primary N) is 1. The summed E-state index contributed by atoms with van der Waals surface area (Å²) in [6, 6.07) is 0. The maximum absolute atomic E-state index is 12.2. The first-order valence-corrected chi connectivity index (χ1v) is 17.5. The number of nitrogens with one attached hydrogen (secondary N) is 1. The number of amides is 1. The molecule has 1 fully saturated rings. The smallest absolute Gasteiger partial charge is 0.306 e. The predicted octanol–water partition coefficient (Wildman–Crippen LogP) is 4.27. The molecule has 1 aromatic heterocycles. The molecule has 43 heavy (non-hydrogen) atoms. The number of allylic oxidation sites excluding steroid dienone is 2. The Morgan fingerprint density at radius 1 is 1.02 bits per heavy atom. The van der Waals surface area contributed by atoms with E-state index >= 15 is 0 Å². The van der Waals surface area contributed by atoms with E-state index in [1.165, 1.54) is 26.2 Å². The Bertz CT molecular complexity index is 1120. The molecule has 14 heteroatoms. The second-order valence-electron chi connectivity index (χ2n) is 11.2. The molecule has 5 N–H and O–H groups in total. The summed E-state index contributed by atoms with van der Waals surface area (Å²) in [5, 5.41) is 34.5. The SMILES string of the molecule is CC(=O)Nc1nnc(S(N)(=O)=O)s1.CCCCCCCC(=O)CC[C@@H]1[C@@H](C/C=C\CCCC(=O)OC(C)C)[C@@H](O)C[C@H]1O. The lowest BCUT2D eigenvalue weighted by molar-refractivity contribution is -0.147.